The van der Waals surface area contributed by atoms with Crippen LogP contribution < -0.4 is 10.2 Å². The van der Waals surface area contributed by atoms with Crippen LogP contribution in [0.2, 0.25) is 0 Å². The number of nitrogens with zero attached hydrogens (tertiary/aromatic N) is 4. The molecule has 184 valence electrons. The monoisotopic (exact) mass is 487 g/mol. The Hall–Kier alpha value is -3.69. The third-order valence-electron chi connectivity index (χ3n) is 5.90. The first-order valence-electron chi connectivity index (χ1n) is 11.2. The number of carbonyl (C=O) groups is 1. The van der Waals surface area contributed by atoms with E-state index in [4.69, 9.17) is 0 Å². The largest absolute Gasteiger partial charge is 0.416 e. The third kappa shape index (κ3) is 5.87. The fourth-order valence-corrected chi connectivity index (χ4v) is 4.10. The van der Waals surface area contributed by atoms with Crippen molar-refractivity contribution < 1.29 is 22.4 Å². The second-order valence-corrected chi connectivity index (χ2v) is 8.44. The number of piperazine rings is 1. The van der Waals surface area contributed by atoms with Gasteiger partial charge in [-0.1, -0.05) is 12.1 Å². The average Bonchev–Trinajstić information content (AvgIpc) is 2.80. The first-order chi connectivity index (χ1) is 16.6. The van der Waals surface area contributed by atoms with Crippen LogP contribution in [0, 0.1) is 19.7 Å². The Morgan fingerprint density at radius 2 is 1.69 bits per heavy atom. The highest BCUT2D eigenvalue weighted by Crippen LogP contribution is 2.30. The summed E-state index contributed by atoms with van der Waals surface area (Å²) >= 11 is 0. The van der Waals surface area contributed by atoms with E-state index in [2.05, 4.69) is 20.2 Å². The molecule has 1 fully saturated rings. The number of urea groups is 1. The van der Waals surface area contributed by atoms with Crippen LogP contribution in [0.5, 0.6) is 0 Å². The minimum atomic E-state index is -4.43. The van der Waals surface area contributed by atoms with Gasteiger partial charge in [-0.15, -0.1) is 0 Å². The van der Waals surface area contributed by atoms with E-state index in [1.54, 1.807) is 11.0 Å². The minimum absolute atomic E-state index is 0.296. The Morgan fingerprint density at radius 1 is 1.00 bits per heavy atom. The molecule has 1 N–H and O–H groups in total. The van der Waals surface area contributed by atoms with Crippen LogP contribution in [0.3, 0.4) is 0 Å². The van der Waals surface area contributed by atoms with Gasteiger partial charge < -0.3 is 15.1 Å². The second-order valence-electron chi connectivity index (χ2n) is 8.44. The summed E-state index contributed by atoms with van der Waals surface area (Å²) in [4.78, 5) is 25.5. The normalized spacial score (nSPS) is 14.2. The molecule has 10 heteroatoms. The molecule has 6 nitrogen and oxygen atoms in total. The van der Waals surface area contributed by atoms with Crippen molar-refractivity contribution in [2.24, 2.45) is 0 Å². The molecular formula is C25H25F4N5O. The predicted octanol–water partition coefficient (Wildman–Crippen LogP) is 5.20. The molecule has 0 unspecified atom stereocenters. The van der Waals surface area contributed by atoms with Crippen LogP contribution in [0.15, 0.2) is 48.5 Å². The molecule has 0 spiro atoms. The van der Waals surface area contributed by atoms with Crippen molar-refractivity contribution in [2.75, 3.05) is 36.4 Å². The van der Waals surface area contributed by atoms with Crippen LogP contribution in [0.1, 0.15) is 28.2 Å². The quantitative estimate of drug-likeness (QED) is 0.514. The molecule has 2 amide bonds. The van der Waals surface area contributed by atoms with Crippen molar-refractivity contribution in [2.45, 2.75) is 26.4 Å². The fraction of sp³-hybridized carbons (Fsp3) is 0.320. The number of alkyl halides is 3. The summed E-state index contributed by atoms with van der Waals surface area (Å²) in [7, 11) is 0. The molecule has 1 aliphatic rings. The van der Waals surface area contributed by atoms with E-state index in [0.29, 0.717) is 44.1 Å². The number of hydrogen-bond acceptors (Lipinski definition) is 4. The fourth-order valence-electron chi connectivity index (χ4n) is 4.10. The van der Waals surface area contributed by atoms with Crippen LogP contribution in [-0.2, 0) is 12.6 Å². The molecule has 1 saturated heterocycles. The van der Waals surface area contributed by atoms with E-state index in [1.807, 2.05) is 19.9 Å². The lowest BCUT2D eigenvalue weighted by Gasteiger charge is -2.36. The lowest BCUT2D eigenvalue weighted by molar-refractivity contribution is -0.137. The van der Waals surface area contributed by atoms with Gasteiger partial charge in [-0.05, 0) is 55.8 Å². The van der Waals surface area contributed by atoms with Crippen molar-refractivity contribution in [1.29, 1.82) is 0 Å². The van der Waals surface area contributed by atoms with E-state index in [9.17, 15) is 22.4 Å². The smallest absolute Gasteiger partial charge is 0.353 e. The van der Waals surface area contributed by atoms with Gasteiger partial charge in [-0.3, -0.25) is 0 Å². The van der Waals surface area contributed by atoms with Gasteiger partial charge in [0.15, 0.2) is 0 Å². The molecule has 0 radical (unpaired) electrons. The van der Waals surface area contributed by atoms with Crippen molar-refractivity contribution in [3.05, 3.63) is 82.6 Å². The summed E-state index contributed by atoms with van der Waals surface area (Å²) in [5.74, 6) is 1.09. The van der Waals surface area contributed by atoms with Crippen molar-refractivity contribution in [3.63, 3.8) is 0 Å². The van der Waals surface area contributed by atoms with Gasteiger partial charge in [0.05, 0.1) is 5.56 Å². The first kappa shape index (κ1) is 24.4. The molecule has 3 aromatic rings. The summed E-state index contributed by atoms with van der Waals surface area (Å²) < 4.78 is 51.9. The number of anilines is 2. The number of halogens is 4. The number of aromatic nitrogens is 2. The molecule has 2 aromatic carbocycles. The Morgan fingerprint density at radius 3 is 2.31 bits per heavy atom. The molecule has 2 heterocycles. The summed E-state index contributed by atoms with van der Waals surface area (Å²) in [5, 5.41) is 2.65. The zero-order valence-corrected chi connectivity index (χ0v) is 19.4. The van der Waals surface area contributed by atoms with Crippen LogP contribution in [-0.4, -0.2) is 47.1 Å². The maximum absolute atomic E-state index is 13.7. The lowest BCUT2D eigenvalue weighted by Crippen LogP contribution is -2.50. The number of aryl methyl sites for hydroxylation is 2. The molecule has 0 atom stereocenters. The average molecular weight is 488 g/mol. The van der Waals surface area contributed by atoms with E-state index in [1.165, 1.54) is 24.3 Å². The number of hydrogen-bond donors (Lipinski definition) is 1. The highest BCUT2D eigenvalue weighted by molar-refractivity contribution is 5.89. The van der Waals surface area contributed by atoms with E-state index in [0.717, 1.165) is 34.8 Å². The molecule has 4 rings (SSSR count). The number of nitrogens with one attached hydrogen (secondary N) is 1. The number of amides is 2. The van der Waals surface area contributed by atoms with E-state index < -0.39 is 11.7 Å². The van der Waals surface area contributed by atoms with Gasteiger partial charge in [0, 0.05) is 49.5 Å². The zero-order chi connectivity index (χ0) is 25.2. The Balaban J connectivity index is 1.43. The third-order valence-corrected chi connectivity index (χ3v) is 5.90. The highest BCUT2D eigenvalue weighted by atomic mass is 19.4. The Kier molecular flexibility index (Phi) is 6.90. The SMILES string of the molecule is Cc1nc(C)c(Cc2cccc(F)c2)c(N2CCN(C(=O)Nc3ccc(C(F)(F)F)cc3)CC2)n1. The van der Waals surface area contributed by atoms with Gasteiger partial charge in [-0.25, -0.2) is 19.2 Å². The molecule has 0 bridgehead atoms. The van der Waals surface area contributed by atoms with Gasteiger partial charge in [0.1, 0.15) is 17.5 Å². The number of rotatable bonds is 4. The Labute approximate surface area is 200 Å². The van der Waals surface area contributed by atoms with Gasteiger partial charge in [0.25, 0.3) is 0 Å². The summed E-state index contributed by atoms with van der Waals surface area (Å²) in [6.45, 7) is 5.58. The highest BCUT2D eigenvalue weighted by Gasteiger charge is 2.30. The zero-order valence-electron chi connectivity index (χ0n) is 19.4. The molecule has 0 aliphatic carbocycles. The molecule has 0 saturated carbocycles. The summed E-state index contributed by atoms with van der Waals surface area (Å²) in [6.07, 6.45) is -3.95. The second kappa shape index (κ2) is 9.89. The van der Waals surface area contributed by atoms with Gasteiger partial charge >= 0.3 is 12.2 Å². The number of carbonyl (C=O) groups excluding carboxylic acids is 1. The van der Waals surface area contributed by atoms with Crippen LogP contribution in [0.4, 0.5) is 33.9 Å². The molecule has 1 aliphatic heterocycles. The number of benzene rings is 2. The minimum Gasteiger partial charge on any atom is -0.353 e. The van der Waals surface area contributed by atoms with Crippen molar-refractivity contribution in [3.8, 4) is 0 Å². The van der Waals surface area contributed by atoms with Gasteiger partial charge in [0.2, 0.25) is 0 Å². The standard InChI is InChI=1S/C25H25F4N5O/c1-16-22(15-18-4-3-5-20(26)14-18)23(31-17(2)30-16)33-10-12-34(13-11-33)24(35)32-21-8-6-19(7-9-21)25(27,28)29/h3-9,14H,10-13,15H2,1-2H3,(H,32,35). The summed E-state index contributed by atoms with van der Waals surface area (Å²) in [5.41, 5.74) is 2.07. The Bertz CT molecular complexity index is 1210. The van der Waals surface area contributed by atoms with E-state index in [-0.39, 0.29) is 11.8 Å². The van der Waals surface area contributed by atoms with E-state index >= 15 is 0 Å². The lowest BCUT2D eigenvalue weighted by atomic mass is 10.0. The van der Waals surface area contributed by atoms with Crippen molar-refractivity contribution in [1.82, 2.24) is 14.9 Å². The maximum atomic E-state index is 13.7. The molecule has 35 heavy (non-hydrogen) atoms. The predicted molar refractivity (Wildman–Crippen MR) is 125 cm³/mol. The summed E-state index contributed by atoms with van der Waals surface area (Å²) in [6, 6.07) is 10.4. The van der Waals surface area contributed by atoms with Crippen LogP contribution >= 0.6 is 0 Å². The van der Waals surface area contributed by atoms with Crippen molar-refractivity contribution >= 4 is 17.5 Å². The first-order valence-corrected chi connectivity index (χ1v) is 11.2. The van der Waals surface area contributed by atoms with Gasteiger partial charge in [-0.2, -0.15) is 13.2 Å². The molecular weight excluding hydrogens is 462 g/mol. The molecule has 1 aromatic heterocycles. The maximum Gasteiger partial charge on any atom is 0.416 e. The topological polar surface area (TPSA) is 61.4 Å². The van der Waals surface area contributed by atoms with Crippen LogP contribution in [0.25, 0.3) is 0 Å².